The molecule has 3 aromatic heterocycles. The second-order valence-electron chi connectivity index (χ2n) is 9.33. The van der Waals surface area contributed by atoms with Crippen LogP contribution in [0.15, 0.2) is 145 Å². The summed E-state index contributed by atoms with van der Waals surface area (Å²) in [5.74, 6) is -7.35. The predicted molar refractivity (Wildman–Crippen MR) is 177 cm³/mol. The molecule has 21 heteroatoms. The van der Waals surface area contributed by atoms with Crippen molar-refractivity contribution in [1.82, 2.24) is 15.0 Å². The van der Waals surface area contributed by atoms with Crippen molar-refractivity contribution in [1.29, 1.82) is 0 Å². The molecule has 0 spiro atoms. The van der Waals surface area contributed by atoms with Crippen LogP contribution in [0.5, 0.6) is 0 Å². The van der Waals surface area contributed by atoms with E-state index in [9.17, 15) is 59.4 Å². The summed E-state index contributed by atoms with van der Waals surface area (Å²) in [6.07, 6.45) is 18.7. The van der Waals surface area contributed by atoms with Crippen molar-refractivity contribution in [2.75, 3.05) is 19.6 Å². The van der Waals surface area contributed by atoms with Crippen LogP contribution in [-0.4, -0.2) is 70.4 Å². The Morgan fingerprint density at radius 1 is 0.404 bits per heavy atom. The Hall–Kier alpha value is -6.29. The SMILES string of the molecule is O=C([O-])C1=CC=CC[N-]1.O=C([O-])C1=CC=CC[N-]1.O=C([O-])C1=CC=CC[N-]1.O=C([O-])c1ccccn1.O=C([O-])c1ccccn1.O=C([O-])c1ccccn1.[Cr+3].[Cr+3].[Cr+3]. The largest absolute Gasteiger partial charge is 3.00 e. The Morgan fingerprint density at radius 2 is 0.649 bits per heavy atom. The van der Waals surface area contributed by atoms with Crippen LogP contribution in [0.2, 0.25) is 0 Å². The molecule has 0 saturated carbocycles. The van der Waals surface area contributed by atoms with Gasteiger partial charge in [0, 0.05) is 36.5 Å². The standard InChI is InChI=1S/3C6H6NO2.3C6H5NO2.3Cr/c6*8-6(9)5-3-1-2-4-7-5;;;/h3*1-3H,4H2,(H,8,9);3*1-4H,(H,8,9);;;/q3*-1;;;;3*+3/p-6. The van der Waals surface area contributed by atoms with E-state index in [2.05, 4.69) is 30.9 Å². The van der Waals surface area contributed by atoms with E-state index in [-0.39, 0.29) is 86.3 Å². The van der Waals surface area contributed by atoms with E-state index in [0.29, 0.717) is 19.6 Å². The van der Waals surface area contributed by atoms with Crippen molar-refractivity contribution in [2.24, 2.45) is 0 Å². The summed E-state index contributed by atoms with van der Waals surface area (Å²) in [6.45, 7) is 1.33. The van der Waals surface area contributed by atoms with Crippen LogP contribution in [0.3, 0.4) is 0 Å². The molecule has 6 heterocycles. The molecule has 0 amide bonds. The van der Waals surface area contributed by atoms with Crippen molar-refractivity contribution in [3.05, 3.63) is 178 Å². The maximum absolute atomic E-state index is 10.0. The molecule has 3 aliphatic heterocycles. The Labute approximate surface area is 358 Å². The molecule has 0 aliphatic carbocycles. The van der Waals surface area contributed by atoms with E-state index in [1.807, 2.05) is 0 Å². The van der Waals surface area contributed by atoms with Crippen molar-refractivity contribution in [3.8, 4) is 0 Å². The van der Waals surface area contributed by atoms with Crippen molar-refractivity contribution in [2.45, 2.75) is 0 Å². The fourth-order valence-corrected chi connectivity index (χ4v) is 3.12. The van der Waals surface area contributed by atoms with Gasteiger partial charge in [0.25, 0.3) is 0 Å². The van der Waals surface area contributed by atoms with Gasteiger partial charge in [0.2, 0.25) is 0 Å². The molecule has 18 nitrogen and oxygen atoms in total. The third-order valence-electron chi connectivity index (χ3n) is 5.52. The quantitative estimate of drug-likeness (QED) is 0.238. The van der Waals surface area contributed by atoms with E-state index in [0.717, 1.165) is 0 Å². The number of allylic oxidation sites excluding steroid dienone is 6. The maximum Gasteiger partial charge on any atom is 3.00 e. The summed E-state index contributed by atoms with van der Waals surface area (Å²) in [7, 11) is 0. The summed E-state index contributed by atoms with van der Waals surface area (Å²) in [5.41, 5.74) is -0.0139. The minimum atomic E-state index is -1.24. The van der Waals surface area contributed by atoms with E-state index < -0.39 is 35.8 Å². The number of carboxylic acids is 6. The minimum Gasteiger partial charge on any atom is -0.680 e. The van der Waals surface area contributed by atoms with Gasteiger partial charge in [0.15, 0.2) is 0 Å². The zero-order valence-corrected chi connectivity index (χ0v) is 32.9. The van der Waals surface area contributed by atoms with Gasteiger partial charge in [-0.05, 0) is 36.4 Å². The van der Waals surface area contributed by atoms with E-state index >= 15 is 0 Å². The first-order chi connectivity index (χ1) is 25.8. The third-order valence-corrected chi connectivity index (χ3v) is 5.52. The normalized spacial score (nSPS) is 11.9. The van der Waals surface area contributed by atoms with Gasteiger partial charge in [-0.1, -0.05) is 54.7 Å². The summed E-state index contributed by atoms with van der Waals surface area (Å²) >= 11 is 0. The van der Waals surface area contributed by atoms with Gasteiger partial charge in [0.05, 0.1) is 35.0 Å². The zero-order valence-electron chi connectivity index (χ0n) is 29.1. The number of rotatable bonds is 6. The molecule has 0 aromatic carbocycles. The molecule has 0 unspecified atom stereocenters. The molecule has 0 N–H and O–H groups in total. The van der Waals surface area contributed by atoms with Crippen LogP contribution in [0.25, 0.3) is 16.0 Å². The Balaban J connectivity index is -0.000000607. The molecule has 3 aromatic rings. The number of nitrogens with zero attached hydrogens (tertiary/aromatic N) is 6. The zero-order chi connectivity index (χ0) is 40.1. The molecule has 0 fully saturated rings. The van der Waals surface area contributed by atoms with Crippen molar-refractivity contribution >= 4 is 35.8 Å². The molecular weight excluding hydrogens is 864 g/mol. The number of pyridine rings is 3. The molecule has 6 rings (SSSR count). The topological polar surface area (TPSA) is 322 Å². The molecule has 3 radical (unpaired) electrons. The summed E-state index contributed by atoms with van der Waals surface area (Å²) in [4.78, 5) is 70.8. The van der Waals surface area contributed by atoms with Crippen molar-refractivity contribution in [3.63, 3.8) is 0 Å². The van der Waals surface area contributed by atoms with E-state index in [1.165, 1.54) is 55.0 Å². The van der Waals surface area contributed by atoms with Crippen LogP contribution in [-0.2, 0) is 66.5 Å². The second kappa shape index (κ2) is 33.1. The minimum absolute atomic E-state index is 0. The second-order valence-corrected chi connectivity index (χ2v) is 9.33. The van der Waals surface area contributed by atoms with Crippen LogP contribution >= 0.6 is 0 Å². The number of hydrogen-bond donors (Lipinski definition) is 0. The number of carbonyl (C=O) groups excluding carboxylic acids is 6. The molecule has 0 bridgehead atoms. The molecule has 3 aliphatic rings. The smallest absolute Gasteiger partial charge is 0.680 e. The average molecular weight is 892 g/mol. The van der Waals surface area contributed by atoms with E-state index in [1.54, 1.807) is 72.9 Å². The van der Waals surface area contributed by atoms with Crippen LogP contribution in [0.4, 0.5) is 0 Å². The van der Waals surface area contributed by atoms with E-state index in [4.69, 9.17) is 0 Å². The summed E-state index contributed by atoms with van der Waals surface area (Å²) in [6, 6.07) is 13.9. The van der Waals surface area contributed by atoms with Gasteiger partial charge in [-0.25, -0.2) is 0 Å². The Bertz CT molecular complexity index is 1670. The first-order valence-electron chi connectivity index (χ1n) is 15.0. The van der Waals surface area contributed by atoms with Gasteiger partial charge < -0.3 is 75.4 Å². The average Bonchev–Trinajstić information content (AvgIpc) is 3.21. The Kier molecular flexibility index (Phi) is 31.9. The fraction of sp³-hybridized carbons (Fsp3) is 0.0833. The number of aromatic carboxylic acids is 3. The number of aromatic nitrogens is 3. The van der Waals surface area contributed by atoms with Crippen LogP contribution < -0.4 is 30.6 Å². The van der Waals surface area contributed by atoms with Gasteiger partial charge in [-0.15, -0.1) is 55.0 Å². The predicted octanol–water partition coefficient (Wildman–Crippen LogP) is -2.98. The van der Waals surface area contributed by atoms with Gasteiger partial charge in [0.1, 0.15) is 0 Å². The summed E-state index contributed by atoms with van der Waals surface area (Å²) < 4.78 is 0. The van der Waals surface area contributed by atoms with Crippen LogP contribution in [0.1, 0.15) is 31.5 Å². The number of aliphatic carboxylic acids is 3. The number of carboxylic acid groups (broad SMARTS) is 6. The van der Waals surface area contributed by atoms with Gasteiger partial charge in [-0.2, -0.15) is 0 Å². The fourth-order valence-electron chi connectivity index (χ4n) is 3.12. The molecule has 0 saturated heterocycles. The third kappa shape index (κ3) is 26.2. The molecule has 0 atom stereocenters. The Morgan fingerprint density at radius 3 is 0.754 bits per heavy atom. The number of carbonyl (C=O) groups is 6. The first-order valence-corrected chi connectivity index (χ1v) is 15.0. The maximum atomic E-state index is 10.0. The van der Waals surface area contributed by atoms with Gasteiger partial charge in [-0.3, -0.25) is 15.0 Å². The van der Waals surface area contributed by atoms with Gasteiger partial charge >= 0.3 is 52.1 Å². The summed E-state index contributed by atoms with van der Waals surface area (Å²) in [5, 5.41) is 71.1. The van der Waals surface area contributed by atoms with Crippen LogP contribution in [0, 0.1) is 0 Å². The van der Waals surface area contributed by atoms with Crippen molar-refractivity contribution < 1.29 is 111 Å². The monoisotopic (exact) mass is 891 g/mol. The molecule has 291 valence electrons. The molecular formula is C36H27Cr3N6O12. The number of hydrogen-bond acceptors (Lipinski definition) is 15. The molecule has 57 heavy (non-hydrogen) atoms. The first kappa shape index (κ1) is 55.0.